The summed E-state index contributed by atoms with van der Waals surface area (Å²) < 4.78 is 9.28. The summed E-state index contributed by atoms with van der Waals surface area (Å²) in [5, 5.41) is 10.9. The number of hydrogen-bond acceptors (Lipinski definition) is 5. The van der Waals surface area contributed by atoms with E-state index < -0.39 is 5.97 Å². The van der Waals surface area contributed by atoms with Crippen LogP contribution in [-0.2, 0) is 4.74 Å². The molecule has 1 N–H and O–H groups in total. The van der Waals surface area contributed by atoms with Gasteiger partial charge in [0.2, 0.25) is 5.76 Å². The lowest BCUT2D eigenvalue weighted by molar-refractivity contribution is 0.0564. The molecular formula is C7H7NO4. The summed E-state index contributed by atoms with van der Waals surface area (Å²) in [6.45, 7) is 0. The molecular weight excluding hydrogens is 162 g/mol. The fourth-order valence-electron chi connectivity index (χ4n) is 0.689. The summed E-state index contributed by atoms with van der Waals surface area (Å²) in [5.74, 6) is -0.196. The van der Waals surface area contributed by atoms with Gasteiger partial charge in [-0.05, 0) is 12.1 Å². The molecule has 0 spiro atoms. The van der Waals surface area contributed by atoms with Crippen molar-refractivity contribution in [2.45, 2.75) is 0 Å². The summed E-state index contributed by atoms with van der Waals surface area (Å²) in [5.41, 5.74) is 0. The van der Waals surface area contributed by atoms with E-state index in [0.29, 0.717) is 0 Å². The SMILES string of the molecule is COC(=O)c1ccc(/C=N\O)o1. The third kappa shape index (κ3) is 1.63. The maximum atomic E-state index is 10.8. The average molecular weight is 169 g/mol. The molecule has 5 heteroatoms. The largest absolute Gasteiger partial charge is 0.463 e. The van der Waals surface area contributed by atoms with Crippen molar-refractivity contribution in [1.82, 2.24) is 0 Å². The summed E-state index contributed by atoms with van der Waals surface area (Å²) in [6.07, 6.45) is 1.08. The lowest BCUT2D eigenvalue weighted by atomic mass is 10.4. The number of ether oxygens (including phenoxy) is 1. The van der Waals surface area contributed by atoms with Crippen LogP contribution in [0.3, 0.4) is 0 Å². The molecule has 0 saturated heterocycles. The Hall–Kier alpha value is -1.78. The van der Waals surface area contributed by atoms with Crippen LogP contribution in [0.15, 0.2) is 21.7 Å². The number of furan rings is 1. The first-order chi connectivity index (χ1) is 5.77. The minimum absolute atomic E-state index is 0.0763. The highest BCUT2D eigenvalue weighted by atomic mass is 16.5. The van der Waals surface area contributed by atoms with Crippen molar-refractivity contribution in [2.24, 2.45) is 5.16 Å². The van der Waals surface area contributed by atoms with Gasteiger partial charge >= 0.3 is 5.97 Å². The zero-order chi connectivity index (χ0) is 8.97. The van der Waals surface area contributed by atoms with Crippen molar-refractivity contribution < 1.29 is 19.2 Å². The Balaban J connectivity index is 2.84. The van der Waals surface area contributed by atoms with E-state index in [2.05, 4.69) is 9.89 Å². The number of hydrogen-bond donors (Lipinski definition) is 1. The highest BCUT2D eigenvalue weighted by Crippen LogP contribution is 2.06. The Kier molecular flexibility index (Phi) is 2.47. The van der Waals surface area contributed by atoms with Crippen LogP contribution in [0.25, 0.3) is 0 Å². The van der Waals surface area contributed by atoms with Crippen molar-refractivity contribution in [3.8, 4) is 0 Å². The first-order valence-electron chi connectivity index (χ1n) is 3.13. The molecule has 1 aromatic heterocycles. The Morgan fingerprint density at radius 2 is 2.50 bits per heavy atom. The Labute approximate surface area is 68.2 Å². The fourth-order valence-corrected chi connectivity index (χ4v) is 0.689. The number of nitrogens with zero attached hydrogens (tertiary/aromatic N) is 1. The lowest BCUT2D eigenvalue weighted by Gasteiger charge is -1.91. The zero-order valence-electron chi connectivity index (χ0n) is 6.35. The summed E-state index contributed by atoms with van der Waals surface area (Å²) in [6, 6.07) is 2.93. The molecule has 0 aliphatic rings. The molecule has 0 saturated carbocycles. The molecule has 0 fully saturated rings. The minimum atomic E-state index is -0.562. The van der Waals surface area contributed by atoms with Crippen molar-refractivity contribution in [3.05, 3.63) is 23.7 Å². The monoisotopic (exact) mass is 169 g/mol. The molecule has 1 aromatic rings. The normalized spacial score (nSPS) is 10.4. The van der Waals surface area contributed by atoms with Crippen molar-refractivity contribution in [3.63, 3.8) is 0 Å². The summed E-state index contributed by atoms with van der Waals surface area (Å²) >= 11 is 0. The molecule has 12 heavy (non-hydrogen) atoms. The van der Waals surface area contributed by atoms with Gasteiger partial charge in [0.15, 0.2) is 0 Å². The van der Waals surface area contributed by atoms with E-state index in [0.717, 1.165) is 6.21 Å². The van der Waals surface area contributed by atoms with Gasteiger partial charge in [-0.15, -0.1) is 0 Å². The van der Waals surface area contributed by atoms with Gasteiger partial charge in [-0.2, -0.15) is 0 Å². The van der Waals surface area contributed by atoms with E-state index >= 15 is 0 Å². The van der Waals surface area contributed by atoms with E-state index in [9.17, 15) is 4.79 Å². The van der Waals surface area contributed by atoms with Crippen LogP contribution in [0.5, 0.6) is 0 Å². The fraction of sp³-hybridized carbons (Fsp3) is 0.143. The molecule has 0 atom stereocenters. The van der Waals surface area contributed by atoms with Crippen molar-refractivity contribution in [1.29, 1.82) is 0 Å². The first-order valence-corrected chi connectivity index (χ1v) is 3.13. The van der Waals surface area contributed by atoms with Crippen molar-refractivity contribution >= 4 is 12.2 Å². The van der Waals surface area contributed by atoms with Gasteiger partial charge in [-0.1, -0.05) is 5.16 Å². The van der Waals surface area contributed by atoms with E-state index in [1.54, 1.807) is 0 Å². The quantitative estimate of drug-likeness (QED) is 0.308. The van der Waals surface area contributed by atoms with Gasteiger partial charge < -0.3 is 14.4 Å². The third-order valence-corrected chi connectivity index (χ3v) is 1.20. The Bertz CT molecular complexity index is 302. The first kappa shape index (κ1) is 8.32. The second-order valence-electron chi connectivity index (χ2n) is 1.94. The molecule has 0 bridgehead atoms. The molecule has 1 heterocycles. The molecule has 0 amide bonds. The van der Waals surface area contributed by atoms with Crippen LogP contribution in [0.2, 0.25) is 0 Å². The van der Waals surface area contributed by atoms with Gasteiger partial charge in [-0.3, -0.25) is 0 Å². The van der Waals surface area contributed by atoms with Gasteiger partial charge in [0.1, 0.15) is 12.0 Å². The Morgan fingerprint density at radius 1 is 1.75 bits per heavy atom. The Morgan fingerprint density at radius 3 is 3.08 bits per heavy atom. The van der Waals surface area contributed by atoms with E-state index in [-0.39, 0.29) is 11.5 Å². The summed E-state index contributed by atoms with van der Waals surface area (Å²) in [7, 11) is 1.25. The van der Waals surface area contributed by atoms with E-state index in [1.807, 2.05) is 0 Å². The van der Waals surface area contributed by atoms with Gasteiger partial charge in [0.05, 0.1) is 7.11 Å². The standard InChI is InChI=1S/C7H7NO4/c1-11-7(9)6-3-2-5(12-6)4-8-10/h2-4,10H,1H3/b8-4-. The lowest BCUT2D eigenvalue weighted by Crippen LogP contribution is -1.98. The number of carbonyl (C=O) groups excluding carboxylic acids is 1. The smallest absolute Gasteiger partial charge is 0.373 e. The molecule has 64 valence electrons. The second-order valence-corrected chi connectivity index (χ2v) is 1.94. The predicted octanol–water partition coefficient (Wildman–Crippen LogP) is 0.874. The summed E-state index contributed by atoms with van der Waals surface area (Å²) in [4.78, 5) is 10.8. The average Bonchev–Trinajstić information content (AvgIpc) is 2.52. The number of rotatable bonds is 2. The maximum absolute atomic E-state index is 10.8. The minimum Gasteiger partial charge on any atom is -0.463 e. The van der Waals surface area contributed by atoms with Crippen LogP contribution >= 0.6 is 0 Å². The van der Waals surface area contributed by atoms with Gasteiger partial charge in [0.25, 0.3) is 0 Å². The highest BCUT2D eigenvalue weighted by Gasteiger charge is 2.09. The molecule has 5 nitrogen and oxygen atoms in total. The number of carbonyl (C=O) groups is 1. The van der Waals surface area contributed by atoms with Crippen LogP contribution in [0.4, 0.5) is 0 Å². The van der Waals surface area contributed by atoms with Gasteiger partial charge in [0, 0.05) is 0 Å². The zero-order valence-corrected chi connectivity index (χ0v) is 6.35. The van der Waals surface area contributed by atoms with Crippen LogP contribution < -0.4 is 0 Å². The number of methoxy groups -OCH3 is 1. The van der Waals surface area contributed by atoms with Gasteiger partial charge in [-0.25, -0.2) is 4.79 Å². The number of esters is 1. The topological polar surface area (TPSA) is 72.0 Å². The van der Waals surface area contributed by atoms with Crippen LogP contribution in [0.1, 0.15) is 16.3 Å². The molecule has 0 aromatic carbocycles. The molecule has 0 unspecified atom stereocenters. The van der Waals surface area contributed by atoms with E-state index in [1.165, 1.54) is 19.2 Å². The third-order valence-electron chi connectivity index (χ3n) is 1.20. The van der Waals surface area contributed by atoms with Crippen LogP contribution in [0, 0.1) is 0 Å². The van der Waals surface area contributed by atoms with Crippen LogP contribution in [-0.4, -0.2) is 24.5 Å². The molecule has 0 radical (unpaired) electrons. The maximum Gasteiger partial charge on any atom is 0.373 e. The van der Waals surface area contributed by atoms with E-state index in [4.69, 9.17) is 9.62 Å². The predicted molar refractivity (Wildman–Crippen MR) is 39.4 cm³/mol. The van der Waals surface area contributed by atoms with Crippen molar-refractivity contribution in [2.75, 3.05) is 7.11 Å². The molecule has 0 aliphatic heterocycles. The number of oxime groups is 1. The highest BCUT2D eigenvalue weighted by molar-refractivity contribution is 5.87. The molecule has 1 rings (SSSR count). The second kappa shape index (κ2) is 3.56. The molecule has 0 aliphatic carbocycles.